The summed E-state index contributed by atoms with van der Waals surface area (Å²) in [4.78, 5) is 0. The molecule has 0 aromatic heterocycles. The minimum absolute atomic E-state index is 0.203. The lowest BCUT2D eigenvalue weighted by Gasteiger charge is -2.32. The summed E-state index contributed by atoms with van der Waals surface area (Å²) in [6.45, 7) is 6.74. The lowest BCUT2D eigenvalue weighted by atomic mass is 9.76. The smallest absolute Gasteiger partial charge is 0.0624 e. The van der Waals surface area contributed by atoms with Gasteiger partial charge in [0.2, 0.25) is 0 Å². The number of hydrogen-bond acceptors (Lipinski definition) is 0. The van der Waals surface area contributed by atoms with Crippen LogP contribution < -0.4 is 0 Å². The average Bonchev–Trinajstić information content (AvgIpc) is 2.24. The molecule has 1 rings (SSSR count). The molecule has 0 bridgehead atoms. The van der Waals surface area contributed by atoms with Gasteiger partial charge in [-0.15, -0.1) is 0 Å². The third-order valence-electron chi connectivity index (χ3n) is 3.32. The Labute approximate surface area is 116 Å². The van der Waals surface area contributed by atoms with E-state index >= 15 is 0 Å². The molecule has 0 heterocycles. The topological polar surface area (TPSA) is 0 Å². The number of benzene rings is 1. The Hall–Kier alpha value is 0.280. The maximum Gasteiger partial charge on any atom is 0.0624 e. The quantitative estimate of drug-likeness (QED) is 0.633. The Bertz CT molecular complexity index is 363. The molecule has 90 valence electrons. The summed E-state index contributed by atoms with van der Waals surface area (Å²) in [7, 11) is 0. The van der Waals surface area contributed by atoms with Crippen molar-refractivity contribution >= 4 is 39.1 Å². The molecule has 0 N–H and O–H groups in total. The first-order chi connectivity index (χ1) is 7.40. The molecule has 0 fully saturated rings. The molecule has 1 aromatic rings. The van der Waals surface area contributed by atoms with E-state index in [1.54, 1.807) is 0 Å². The largest absolute Gasteiger partial charge is 0.0922 e. The Morgan fingerprint density at radius 1 is 1.31 bits per heavy atom. The summed E-state index contributed by atoms with van der Waals surface area (Å²) in [5.41, 5.74) is 1.33. The van der Waals surface area contributed by atoms with Crippen molar-refractivity contribution in [1.82, 2.24) is 0 Å². The Morgan fingerprint density at radius 2 is 1.94 bits per heavy atom. The van der Waals surface area contributed by atoms with E-state index in [1.165, 1.54) is 0 Å². The van der Waals surface area contributed by atoms with E-state index in [1.807, 2.05) is 12.1 Å². The van der Waals surface area contributed by atoms with Gasteiger partial charge in [-0.05, 0) is 29.4 Å². The van der Waals surface area contributed by atoms with Crippen LogP contribution in [0.3, 0.4) is 0 Å². The molecule has 1 aromatic carbocycles. The van der Waals surface area contributed by atoms with Crippen LogP contribution in [0.1, 0.15) is 26.3 Å². The molecule has 0 aliphatic rings. The van der Waals surface area contributed by atoms with E-state index < -0.39 is 0 Å². The van der Waals surface area contributed by atoms with E-state index in [9.17, 15) is 0 Å². The maximum atomic E-state index is 6.21. The standard InChI is InChI=1S/C13H17BrCl2/c1-9(2)13(3,8-14)7-10-5-4-6-11(15)12(10)16/h4-6,9H,7-8H2,1-3H3. The van der Waals surface area contributed by atoms with E-state index in [-0.39, 0.29) is 5.41 Å². The zero-order valence-corrected chi connectivity index (χ0v) is 13.0. The summed E-state index contributed by atoms with van der Waals surface area (Å²) < 4.78 is 0. The molecule has 0 radical (unpaired) electrons. The molecule has 0 amide bonds. The van der Waals surface area contributed by atoms with Crippen LogP contribution >= 0.6 is 39.1 Å². The van der Waals surface area contributed by atoms with Gasteiger partial charge in [0.1, 0.15) is 0 Å². The first-order valence-electron chi connectivity index (χ1n) is 5.39. The molecule has 3 heteroatoms. The van der Waals surface area contributed by atoms with E-state index in [2.05, 4.69) is 42.8 Å². The highest BCUT2D eigenvalue weighted by molar-refractivity contribution is 9.09. The lowest BCUT2D eigenvalue weighted by molar-refractivity contribution is 0.258. The van der Waals surface area contributed by atoms with Crippen molar-refractivity contribution in [3.63, 3.8) is 0 Å². The van der Waals surface area contributed by atoms with Gasteiger partial charge in [0, 0.05) is 5.33 Å². The second kappa shape index (κ2) is 5.75. The van der Waals surface area contributed by atoms with Gasteiger partial charge in [0.25, 0.3) is 0 Å². The van der Waals surface area contributed by atoms with Crippen LogP contribution in [0.2, 0.25) is 10.0 Å². The summed E-state index contributed by atoms with van der Waals surface area (Å²) in [6.07, 6.45) is 0.940. The fourth-order valence-corrected chi connectivity index (χ4v) is 2.76. The van der Waals surface area contributed by atoms with Crippen LogP contribution in [0.25, 0.3) is 0 Å². The van der Waals surface area contributed by atoms with Gasteiger partial charge in [0.05, 0.1) is 10.0 Å². The Morgan fingerprint density at radius 3 is 2.44 bits per heavy atom. The first-order valence-corrected chi connectivity index (χ1v) is 7.27. The number of rotatable bonds is 4. The van der Waals surface area contributed by atoms with E-state index in [0.29, 0.717) is 16.0 Å². The SMILES string of the molecule is CC(C)C(C)(CBr)Cc1cccc(Cl)c1Cl. The summed E-state index contributed by atoms with van der Waals surface area (Å²) >= 11 is 15.8. The van der Waals surface area contributed by atoms with Gasteiger partial charge >= 0.3 is 0 Å². The van der Waals surface area contributed by atoms with Gasteiger partial charge in [-0.2, -0.15) is 0 Å². The maximum absolute atomic E-state index is 6.21. The molecule has 0 aliphatic heterocycles. The molecule has 1 unspecified atom stereocenters. The fourth-order valence-electron chi connectivity index (χ4n) is 1.53. The molecule has 16 heavy (non-hydrogen) atoms. The minimum Gasteiger partial charge on any atom is -0.0922 e. The van der Waals surface area contributed by atoms with Gasteiger partial charge < -0.3 is 0 Å². The molecular weight excluding hydrogens is 307 g/mol. The van der Waals surface area contributed by atoms with Crippen molar-refractivity contribution in [3.05, 3.63) is 33.8 Å². The monoisotopic (exact) mass is 322 g/mol. The zero-order valence-electron chi connectivity index (χ0n) is 9.86. The van der Waals surface area contributed by atoms with Crippen molar-refractivity contribution < 1.29 is 0 Å². The van der Waals surface area contributed by atoms with Gasteiger partial charge in [0.15, 0.2) is 0 Å². The number of halogens is 3. The highest BCUT2D eigenvalue weighted by atomic mass is 79.9. The molecule has 0 spiro atoms. The van der Waals surface area contributed by atoms with Gasteiger partial charge in [-0.1, -0.05) is 72.0 Å². The number of hydrogen-bond donors (Lipinski definition) is 0. The van der Waals surface area contributed by atoms with E-state index in [4.69, 9.17) is 23.2 Å². The average molecular weight is 324 g/mol. The van der Waals surface area contributed by atoms with Crippen LogP contribution in [0.5, 0.6) is 0 Å². The van der Waals surface area contributed by atoms with Gasteiger partial charge in [-0.25, -0.2) is 0 Å². The van der Waals surface area contributed by atoms with Crippen molar-refractivity contribution in [1.29, 1.82) is 0 Å². The lowest BCUT2D eigenvalue weighted by Crippen LogP contribution is -2.28. The Balaban J connectivity index is 2.99. The van der Waals surface area contributed by atoms with Crippen LogP contribution in [-0.2, 0) is 6.42 Å². The predicted octanol–water partition coefficient (Wildman–Crippen LogP) is 5.59. The summed E-state index contributed by atoms with van der Waals surface area (Å²) in [5, 5.41) is 2.29. The zero-order chi connectivity index (χ0) is 12.3. The Kier molecular flexibility index (Phi) is 5.15. The molecule has 0 saturated carbocycles. The van der Waals surface area contributed by atoms with Crippen molar-refractivity contribution in [2.45, 2.75) is 27.2 Å². The van der Waals surface area contributed by atoms with Crippen LogP contribution in [0, 0.1) is 11.3 Å². The van der Waals surface area contributed by atoms with Crippen molar-refractivity contribution in [2.75, 3.05) is 5.33 Å². The molecular formula is C13H17BrCl2. The summed E-state index contributed by atoms with van der Waals surface area (Å²) in [6, 6.07) is 5.84. The van der Waals surface area contributed by atoms with E-state index in [0.717, 1.165) is 17.3 Å². The summed E-state index contributed by atoms with van der Waals surface area (Å²) in [5.74, 6) is 0.585. The van der Waals surface area contributed by atoms with Gasteiger partial charge in [-0.3, -0.25) is 0 Å². The van der Waals surface area contributed by atoms with Crippen LogP contribution in [-0.4, -0.2) is 5.33 Å². The molecule has 1 atom stereocenters. The first kappa shape index (κ1) is 14.3. The molecule has 0 nitrogen and oxygen atoms in total. The highest BCUT2D eigenvalue weighted by Gasteiger charge is 2.28. The van der Waals surface area contributed by atoms with Crippen LogP contribution in [0.4, 0.5) is 0 Å². The molecule has 0 aliphatic carbocycles. The third-order valence-corrected chi connectivity index (χ3v) is 5.46. The molecule has 0 saturated heterocycles. The van der Waals surface area contributed by atoms with Crippen molar-refractivity contribution in [3.8, 4) is 0 Å². The van der Waals surface area contributed by atoms with Crippen LogP contribution in [0.15, 0.2) is 18.2 Å². The third kappa shape index (κ3) is 3.15. The second-order valence-electron chi connectivity index (χ2n) is 4.83. The van der Waals surface area contributed by atoms with Crippen molar-refractivity contribution in [2.24, 2.45) is 11.3 Å². The second-order valence-corrected chi connectivity index (χ2v) is 6.18. The fraction of sp³-hybridized carbons (Fsp3) is 0.538. The minimum atomic E-state index is 0.203. The highest BCUT2D eigenvalue weighted by Crippen LogP contribution is 2.36. The normalized spacial score (nSPS) is 15.2. The predicted molar refractivity (Wildman–Crippen MR) is 76.9 cm³/mol. The number of alkyl halides is 1.